The van der Waals surface area contributed by atoms with E-state index >= 15 is 0 Å². The number of para-hydroxylation sites is 1. The zero-order valence-electron chi connectivity index (χ0n) is 14.1. The van der Waals surface area contributed by atoms with Gasteiger partial charge in [0.25, 0.3) is 11.1 Å². The summed E-state index contributed by atoms with van der Waals surface area (Å²) in [6, 6.07) is 13.2. The number of hydrogen-bond donors (Lipinski definition) is 1. The fraction of sp³-hybridized carbons (Fsp3) is 0.105. The number of halogens is 1. The SMILES string of the molecule is CC(Oc1ccc(/C=C2/SC(=O)N(c3ccccc3Cl)C2=O)cc1)C(=O)O. The number of amides is 2. The highest BCUT2D eigenvalue weighted by Gasteiger charge is 2.37. The number of carboxylic acids is 1. The zero-order chi connectivity index (χ0) is 19.6. The standard InChI is InChI=1S/C19H14ClNO5S/c1-11(18(23)24)26-13-8-6-12(7-9-13)10-16-17(22)21(19(25)27-16)15-5-3-2-4-14(15)20/h2-11H,1H3,(H,23,24)/b16-10+. The second kappa shape index (κ2) is 7.85. The van der Waals surface area contributed by atoms with Gasteiger partial charge in [-0.1, -0.05) is 35.9 Å². The lowest BCUT2D eigenvalue weighted by atomic mass is 10.2. The number of carbonyl (C=O) groups excluding carboxylic acids is 2. The summed E-state index contributed by atoms with van der Waals surface area (Å²) in [5.41, 5.74) is 1.02. The van der Waals surface area contributed by atoms with Gasteiger partial charge in [0.2, 0.25) is 0 Å². The lowest BCUT2D eigenvalue weighted by Gasteiger charge is -2.13. The Balaban J connectivity index is 1.80. The van der Waals surface area contributed by atoms with Crippen LogP contribution in [0.1, 0.15) is 12.5 Å². The fourth-order valence-electron chi connectivity index (χ4n) is 2.36. The number of hydrogen-bond acceptors (Lipinski definition) is 5. The number of thioether (sulfide) groups is 1. The highest BCUT2D eigenvalue weighted by atomic mass is 35.5. The second-order valence-corrected chi connectivity index (χ2v) is 7.04. The van der Waals surface area contributed by atoms with Crippen molar-refractivity contribution in [2.45, 2.75) is 13.0 Å². The van der Waals surface area contributed by atoms with Gasteiger partial charge >= 0.3 is 5.97 Å². The molecular formula is C19H14ClNO5S. The van der Waals surface area contributed by atoms with E-state index in [0.29, 0.717) is 22.0 Å². The van der Waals surface area contributed by atoms with Crippen LogP contribution in [0.25, 0.3) is 6.08 Å². The van der Waals surface area contributed by atoms with Gasteiger partial charge in [-0.05, 0) is 54.6 Å². The maximum absolute atomic E-state index is 12.6. The molecule has 138 valence electrons. The van der Waals surface area contributed by atoms with Crippen LogP contribution in [0.5, 0.6) is 5.75 Å². The average Bonchev–Trinajstić information content (AvgIpc) is 2.90. The van der Waals surface area contributed by atoms with Crippen molar-refractivity contribution in [1.29, 1.82) is 0 Å². The monoisotopic (exact) mass is 403 g/mol. The molecule has 1 N–H and O–H groups in total. The first-order valence-electron chi connectivity index (χ1n) is 7.89. The molecule has 1 atom stereocenters. The first kappa shape index (κ1) is 19.0. The minimum Gasteiger partial charge on any atom is -0.479 e. The van der Waals surface area contributed by atoms with Crippen molar-refractivity contribution >= 4 is 52.2 Å². The van der Waals surface area contributed by atoms with Crippen LogP contribution in [0, 0.1) is 0 Å². The molecule has 0 spiro atoms. The van der Waals surface area contributed by atoms with E-state index in [0.717, 1.165) is 16.7 Å². The van der Waals surface area contributed by atoms with Gasteiger partial charge in [-0.15, -0.1) is 0 Å². The smallest absolute Gasteiger partial charge is 0.344 e. The summed E-state index contributed by atoms with van der Waals surface area (Å²) in [7, 11) is 0. The van der Waals surface area contributed by atoms with Crippen LogP contribution < -0.4 is 9.64 Å². The molecule has 1 fully saturated rings. The van der Waals surface area contributed by atoms with Gasteiger partial charge in [0.15, 0.2) is 6.10 Å². The molecule has 1 aliphatic heterocycles. The summed E-state index contributed by atoms with van der Waals surface area (Å²) < 4.78 is 5.26. The number of nitrogens with zero attached hydrogens (tertiary/aromatic N) is 1. The number of imide groups is 1. The molecule has 2 aromatic rings. The van der Waals surface area contributed by atoms with Crippen LogP contribution in [0.3, 0.4) is 0 Å². The van der Waals surface area contributed by atoms with Crippen LogP contribution in [0.2, 0.25) is 5.02 Å². The molecule has 2 aromatic carbocycles. The number of rotatable bonds is 5. The second-order valence-electron chi connectivity index (χ2n) is 5.64. The van der Waals surface area contributed by atoms with Gasteiger partial charge in [-0.25, -0.2) is 9.69 Å². The summed E-state index contributed by atoms with van der Waals surface area (Å²) in [5.74, 6) is -1.11. The molecule has 27 heavy (non-hydrogen) atoms. The third-order valence-electron chi connectivity index (χ3n) is 3.73. The molecule has 0 aliphatic carbocycles. The van der Waals surface area contributed by atoms with Crippen molar-refractivity contribution in [3.05, 3.63) is 64.0 Å². The number of carbonyl (C=O) groups is 3. The Morgan fingerprint density at radius 2 is 1.85 bits per heavy atom. The van der Waals surface area contributed by atoms with E-state index in [4.69, 9.17) is 21.4 Å². The van der Waals surface area contributed by atoms with E-state index in [1.807, 2.05) is 0 Å². The third-order valence-corrected chi connectivity index (χ3v) is 4.91. The van der Waals surface area contributed by atoms with E-state index in [9.17, 15) is 14.4 Å². The van der Waals surface area contributed by atoms with Crippen molar-refractivity contribution in [3.8, 4) is 5.75 Å². The van der Waals surface area contributed by atoms with Crippen LogP contribution >= 0.6 is 23.4 Å². The Kier molecular flexibility index (Phi) is 5.53. The van der Waals surface area contributed by atoms with Crippen LogP contribution in [-0.2, 0) is 9.59 Å². The summed E-state index contributed by atoms with van der Waals surface area (Å²) in [6.45, 7) is 1.43. The lowest BCUT2D eigenvalue weighted by Crippen LogP contribution is -2.27. The molecule has 3 rings (SSSR count). The normalized spacial score (nSPS) is 16.7. The van der Waals surface area contributed by atoms with Gasteiger partial charge in [0.1, 0.15) is 5.75 Å². The summed E-state index contributed by atoms with van der Waals surface area (Å²) in [4.78, 5) is 37.0. The van der Waals surface area contributed by atoms with Crippen molar-refractivity contribution < 1.29 is 24.2 Å². The van der Waals surface area contributed by atoms with E-state index < -0.39 is 23.2 Å². The predicted molar refractivity (Wildman–Crippen MR) is 104 cm³/mol. The Hall–Kier alpha value is -2.77. The molecule has 0 bridgehead atoms. The van der Waals surface area contributed by atoms with Crippen molar-refractivity contribution in [3.63, 3.8) is 0 Å². The molecule has 1 aliphatic rings. The number of aliphatic carboxylic acids is 1. The molecule has 0 radical (unpaired) electrons. The third kappa shape index (κ3) is 4.15. The highest BCUT2D eigenvalue weighted by Crippen LogP contribution is 2.38. The summed E-state index contributed by atoms with van der Waals surface area (Å²) in [5, 5.41) is 8.75. The Morgan fingerprint density at radius 1 is 1.19 bits per heavy atom. The van der Waals surface area contributed by atoms with Crippen molar-refractivity contribution in [2.24, 2.45) is 0 Å². The van der Waals surface area contributed by atoms with Gasteiger partial charge in [0.05, 0.1) is 15.6 Å². The molecule has 1 heterocycles. The van der Waals surface area contributed by atoms with Crippen LogP contribution in [0.4, 0.5) is 10.5 Å². The number of ether oxygens (including phenoxy) is 1. The van der Waals surface area contributed by atoms with Gasteiger partial charge in [-0.2, -0.15) is 0 Å². The molecule has 8 heteroatoms. The first-order chi connectivity index (χ1) is 12.9. The quantitative estimate of drug-likeness (QED) is 0.743. The fourth-order valence-corrected chi connectivity index (χ4v) is 3.41. The molecular weight excluding hydrogens is 390 g/mol. The van der Waals surface area contributed by atoms with Crippen LogP contribution in [0.15, 0.2) is 53.4 Å². The predicted octanol–water partition coefficient (Wildman–Crippen LogP) is 4.43. The number of anilines is 1. The minimum absolute atomic E-state index is 0.271. The van der Waals surface area contributed by atoms with Crippen LogP contribution in [-0.4, -0.2) is 28.3 Å². The summed E-state index contributed by atoms with van der Waals surface area (Å²) in [6.07, 6.45) is 0.620. The molecule has 0 saturated carbocycles. The maximum atomic E-state index is 12.6. The Morgan fingerprint density at radius 3 is 2.48 bits per heavy atom. The first-order valence-corrected chi connectivity index (χ1v) is 9.08. The zero-order valence-corrected chi connectivity index (χ0v) is 15.7. The van der Waals surface area contributed by atoms with E-state index in [2.05, 4.69) is 0 Å². The van der Waals surface area contributed by atoms with Crippen molar-refractivity contribution in [1.82, 2.24) is 0 Å². The largest absolute Gasteiger partial charge is 0.479 e. The van der Waals surface area contributed by atoms with E-state index in [1.54, 1.807) is 54.6 Å². The number of carboxylic acid groups (broad SMARTS) is 1. The van der Waals surface area contributed by atoms with E-state index in [-0.39, 0.29) is 4.91 Å². The van der Waals surface area contributed by atoms with E-state index in [1.165, 1.54) is 6.92 Å². The molecule has 1 unspecified atom stereocenters. The topological polar surface area (TPSA) is 83.9 Å². The Labute approximate surface area is 164 Å². The highest BCUT2D eigenvalue weighted by molar-refractivity contribution is 8.19. The summed E-state index contributed by atoms with van der Waals surface area (Å²) >= 11 is 6.92. The maximum Gasteiger partial charge on any atom is 0.344 e. The molecule has 6 nitrogen and oxygen atoms in total. The van der Waals surface area contributed by atoms with Gasteiger partial charge in [-0.3, -0.25) is 9.59 Å². The lowest BCUT2D eigenvalue weighted by molar-refractivity contribution is -0.144. The Bertz CT molecular complexity index is 941. The average molecular weight is 404 g/mol. The van der Waals surface area contributed by atoms with Crippen molar-refractivity contribution in [2.75, 3.05) is 4.90 Å². The molecule has 1 saturated heterocycles. The number of benzene rings is 2. The minimum atomic E-state index is -1.06. The van der Waals surface area contributed by atoms with Gasteiger partial charge in [0, 0.05) is 0 Å². The molecule has 0 aromatic heterocycles. The van der Waals surface area contributed by atoms with Gasteiger partial charge < -0.3 is 9.84 Å². The molecule has 2 amide bonds.